The fraction of sp³-hybridized carbons (Fsp3) is 0.478. The number of pyridine rings is 1. The van der Waals surface area contributed by atoms with Gasteiger partial charge >= 0.3 is 0 Å². The third-order valence-corrected chi connectivity index (χ3v) is 6.51. The number of H-pyrrole nitrogens is 1. The maximum atomic E-state index is 13.2. The van der Waals surface area contributed by atoms with Crippen LogP contribution in [0.2, 0.25) is 0 Å². The van der Waals surface area contributed by atoms with E-state index >= 15 is 0 Å². The molecule has 3 aromatic heterocycles. The van der Waals surface area contributed by atoms with Gasteiger partial charge in [-0.05, 0) is 38.4 Å². The minimum Gasteiger partial charge on any atom is -0.338 e. The van der Waals surface area contributed by atoms with Crippen molar-refractivity contribution in [3.63, 3.8) is 0 Å². The van der Waals surface area contributed by atoms with Gasteiger partial charge in [0.05, 0.1) is 35.2 Å². The fourth-order valence-corrected chi connectivity index (χ4v) is 4.87. The van der Waals surface area contributed by atoms with Crippen LogP contribution in [0.15, 0.2) is 29.1 Å². The molecule has 1 atom stereocenters. The van der Waals surface area contributed by atoms with Gasteiger partial charge in [0.25, 0.3) is 5.56 Å². The van der Waals surface area contributed by atoms with Gasteiger partial charge in [0.2, 0.25) is 5.91 Å². The second kappa shape index (κ2) is 7.92. The number of likely N-dealkylation sites (tertiary alicyclic amines) is 1. The van der Waals surface area contributed by atoms with E-state index in [0.717, 1.165) is 55.1 Å². The largest absolute Gasteiger partial charge is 0.338 e. The first-order valence-corrected chi connectivity index (χ1v) is 11.0. The van der Waals surface area contributed by atoms with Crippen molar-refractivity contribution in [1.82, 2.24) is 29.4 Å². The lowest BCUT2D eigenvalue weighted by Gasteiger charge is -2.34. The molecule has 8 heteroatoms. The minimum atomic E-state index is -0.0973. The monoisotopic (exact) mass is 420 g/mol. The van der Waals surface area contributed by atoms with E-state index in [4.69, 9.17) is 4.98 Å². The molecule has 31 heavy (non-hydrogen) atoms. The summed E-state index contributed by atoms with van der Waals surface area (Å²) >= 11 is 0. The van der Waals surface area contributed by atoms with Crippen LogP contribution in [0, 0.1) is 6.92 Å². The average Bonchev–Trinajstić information content (AvgIpc) is 3.18. The number of piperidine rings is 1. The van der Waals surface area contributed by atoms with Crippen LogP contribution < -0.4 is 5.56 Å². The Hall–Kier alpha value is -3.00. The maximum absolute atomic E-state index is 13.2. The summed E-state index contributed by atoms with van der Waals surface area (Å²) in [7, 11) is 0. The standard InChI is InChI=1S/C23H28N6O2/c1-15-6-5-7-17(24-15)13-28-10-4-3-8-21(28)20-12-22-25-19-9-11-27(16(2)30)14-18(19)23(31)29(22)26-20/h5-7,12,21,26H,3-4,8-11,13-14H2,1-2H3/t21-/m1/s1. The Bertz CT molecular complexity index is 1200. The highest BCUT2D eigenvalue weighted by molar-refractivity contribution is 5.73. The summed E-state index contributed by atoms with van der Waals surface area (Å²) in [5.74, 6) is -0.00933. The highest BCUT2D eigenvalue weighted by atomic mass is 16.2. The number of hydrogen-bond acceptors (Lipinski definition) is 5. The summed E-state index contributed by atoms with van der Waals surface area (Å²) in [6.07, 6.45) is 3.97. The van der Waals surface area contributed by atoms with Crippen molar-refractivity contribution in [2.24, 2.45) is 0 Å². The predicted molar refractivity (Wildman–Crippen MR) is 117 cm³/mol. The van der Waals surface area contributed by atoms with Gasteiger partial charge in [0.15, 0.2) is 5.65 Å². The second-order valence-electron chi connectivity index (χ2n) is 8.69. The third-order valence-electron chi connectivity index (χ3n) is 6.51. The molecule has 162 valence electrons. The Morgan fingerprint density at radius 1 is 1.23 bits per heavy atom. The van der Waals surface area contributed by atoms with Crippen LogP contribution in [0.1, 0.15) is 60.6 Å². The molecule has 1 amide bonds. The van der Waals surface area contributed by atoms with E-state index in [1.165, 1.54) is 0 Å². The van der Waals surface area contributed by atoms with Gasteiger partial charge in [-0.1, -0.05) is 12.5 Å². The Kier molecular flexibility index (Phi) is 5.09. The topological polar surface area (TPSA) is 86.6 Å². The van der Waals surface area contributed by atoms with E-state index in [0.29, 0.717) is 30.7 Å². The fourth-order valence-electron chi connectivity index (χ4n) is 4.87. The van der Waals surface area contributed by atoms with Gasteiger partial charge in [-0.15, -0.1) is 0 Å². The van der Waals surface area contributed by atoms with Crippen LogP contribution >= 0.6 is 0 Å². The number of aromatic amines is 1. The number of carbonyl (C=O) groups excluding carboxylic acids is 1. The van der Waals surface area contributed by atoms with E-state index in [1.807, 2.05) is 19.1 Å². The van der Waals surface area contributed by atoms with E-state index in [1.54, 1.807) is 16.3 Å². The Balaban J connectivity index is 1.48. The lowest BCUT2D eigenvalue weighted by molar-refractivity contribution is -0.129. The van der Waals surface area contributed by atoms with Crippen LogP contribution in [0.3, 0.4) is 0 Å². The SMILES string of the molecule is CC(=O)N1CCc2nc3cc([C@H]4CCCCN4Cc4cccc(C)n4)[nH]n3c(=O)c2C1. The lowest BCUT2D eigenvalue weighted by atomic mass is 9.99. The normalized spacial score (nSPS) is 19.5. The van der Waals surface area contributed by atoms with Gasteiger partial charge in [-0.3, -0.25) is 24.6 Å². The van der Waals surface area contributed by atoms with Crippen LogP contribution in [0.4, 0.5) is 0 Å². The number of aryl methyl sites for hydroxylation is 1. The summed E-state index contributed by atoms with van der Waals surface area (Å²) < 4.78 is 1.55. The number of fused-ring (bicyclic) bond motifs is 2. The van der Waals surface area contributed by atoms with Crippen molar-refractivity contribution in [3.05, 3.63) is 63.0 Å². The Morgan fingerprint density at radius 3 is 2.90 bits per heavy atom. The maximum Gasteiger partial charge on any atom is 0.277 e. The molecule has 0 spiro atoms. The minimum absolute atomic E-state index is 0.00933. The molecule has 0 unspecified atom stereocenters. The number of nitrogens with zero attached hydrogens (tertiary/aromatic N) is 5. The molecule has 0 aromatic carbocycles. The molecule has 0 saturated carbocycles. The van der Waals surface area contributed by atoms with Crippen molar-refractivity contribution >= 4 is 11.6 Å². The molecule has 1 N–H and O–H groups in total. The highest BCUT2D eigenvalue weighted by Crippen LogP contribution is 2.31. The molecule has 2 aliphatic rings. The molecule has 5 heterocycles. The van der Waals surface area contributed by atoms with Gasteiger partial charge in [0.1, 0.15) is 0 Å². The number of amides is 1. The number of rotatable bonds is 3. The van der Waals surface area contributed by atoms with Gasteiger partial charge in [-0.25, -0.2) is 9.50 Å². The molecule has 5 rings (SSSR count). The molecule has 0 radical (unpaired) electrons. The second-order valence-corrected chi connectivity index (χ2v) is 8.69. The number of hydrogen-bond donors (Lipinski definition) is 1. The summed E-state index contributed by atoms with van der Waals surface area (Å²) in [6.45, 7) is 6.30. The Labute approximate surface area is 180 Å². The molecule has 0 aliphatic carbocycles. The van der Waals surface area contributed by atoms with Crippen molar-refractivity contribution in [2.45, 2.75) is 58.7 Å². The first kappa shape index (κ1) is 19.9. The summed E-state index contributed by atoms with van der Waals surface area (Å²) in [6, 6.07) is 8.36. The van der Waals surface area contributed by atoms with E-state index < -0.39 is 0 Å². The zero-order valence-corrected chi connectivity index (χ0v) is 18.1. The molecular formula is C23H28N6O2. The summed E-state index contributed by atoms with van der Waals surface area (Å²) in [5, 5.41) is 3.33. The molecule has 3 aromatic rings. The van der Waals surface area contributed by atoms with Gasteiger partial charge in [0, 0.05) is 38.2 Å². The van der Waals surface area contributed by atoms with Gasteiger partial charge in [-0.2, -0.15) is 0 Å². The third kappa shape index (κ3) is 3.76. The van der Waals surface area contributed by atoms with Crippen molar-refractivity contribution < 1.29 is 4.79 Å². The zero-order chi connectivity index (χ0) is 21.5. The van der Waals surface area contributed by atoms with E-state index in [-0.39, 0.29) is 17.5 Å². The van der Waals surface area contributed by atoms with E-state index in [2.05, 4.69) is 27.1 Å². The molecule has 1 fully saturated rings. The number of carbonyl (C=O) groups is 1. The molecule has 0 bridgehead atoms. The van der Waals surface area contributed by atoms with Gasteiger partial charge < -0.3 is 4.90 Å². The summed E-state index contributed by atoms with van der Waals surface area (Å²) in [4.78, 5) is 38.6. The lowest BCUT2D eigenvalue weighted by Crippen LogP contribution is -2.39. The predicted octanol–water partition coefficient (Wildman–Crippen LogP) is 2.36. The highest BCUT2D eigenvalue weighted by Gasteiger charge is 2.28. The average molecular weight is 421 g/mol. The molecule has 2 aliphatic heterocycles. The van der Waals surface area contributed by atoms with Crippen LogP contribution in [0.25, 0.3) is 5.65 Å². The van der Waals surface area contributed by atoms with Crippen LogP contribution in [-0.2, 0) is 24.3 Å². The first-order valence-electron chi connectivity index (χ1n) is 11.0. The summed E-state index contributed by atoms with van der Waals surface area (Å²) in [5.41, 5.74) is 5.11. The smallest absolute Gasteiger partial charge is 0.277 e. The Morgan fingerprint density at radius 2 is 2.10 bits per heavy atom. The number of nitrogens with one attached hydrogen (secondary N) is 1. The van der Waals surface area contributed by atoms with Crippen LogP contribution in [0.5, 0.6) is 0 Å². The number of aromatic nitrogens is 4. The van der Waals surface area contributed by atoms with Crippen molar-refractivity contribution in [3.8, 4) is 0 Å². The molecule has 1 saturated heterocycles. The molecular weight excluding hydrogens is 392 g/mol. The van der Waals surface area contributed by atoms with E-state index in [9.17, 15) is 9.59 Å². The van der Waals surface area contributed by atoms with Crippen molar-refractivity contribution in [2.75, 3.05) is 13.1 Å². The van der Waals surface area contributed by atoms with Crippen molar-refractivity contribution in [1.29, 1.82) is 0 Å². The quantitative estimate of drug-likeness (QED) is 0.703. The zero-order valence-electron chi connectivity index (χ0n) is 18.1. The molecule has 8 nitrogen and oxygen atoms in total. The van der Waals surface area contributed by atoms with Crippen LogP contribution in [-0.4, -0.2) is 48.4 Å². The first-order chi connectivity index (χ1) is 15.0.